The Morgan fingerprint density at radius 3 is 2.68 bits per heavy atom. The van der Waals surface area contributed by atoms with Crippen LogP contribution in [0.4, 0.5) is 11.5 Å². The van der Waals surface area contributed by atoms with Gasteiger partial charge in [0.2, 0.25) is 0 Å². The number of hydrogen-bond donors (Lipinski definition) is 1. The summed E-state index contributed by atoms with van der Waals surface area (Å²) in [6, 6.07) is 1.50. The molecular weight excluding hydrogens is 290 g/mol. The lowest BCUT2D eigenvalue weighted by Gasteiger charge is -2.34. The van der Waals surface area contributed by atoms with E-state index in [9.17, 15) is 20.0 Å². The zero-order valence-electron chi connectivity index (χ0n) is 12.6. The molecule has 8 nitrogen and oxygen atoms in total. The molecule has 120 valence electrons. The maximum atomic E-state index is 11.4. The van der Waals surface area contributed by atoms with Crippen LogP contribution in [0.15, 0.2) is 12.3 Å². The average molecular weight is 309 g/mol. The molecule has 0 aliphatic carbocycles. The van der Waals surface area contributed by atoms with Gasteiger partial charge in [0, 0.05) is 19.2 Å². The molecule has 1 aromatic rings. The Balaban J connectivity index is 2.03. The Labute approximate surface area is 127 Å². The van der Waals surface area contributed by atoms with Crippen molar-refractivity contribution >= 4 is 17.5 Å². The highest BCUT2D eigenvalue weighted by Crippen LogP contribution is 2.28. The Bertz CT molecular complexity index is 570. The van der Waals surface area contributed by atoms with Gasteiger partial charge in [-0.2, -0.15) is 0 Å². The van der Waals surface area contributed by atoms with Crippen molar-refractivity contribution < 1.29 is 19.6 Å². The van der Waals surface area contributed by atoms with Gasteiger partial charge < -0.3 is 14.7 Å². The number of anilines is 1. The minimum absolute atomic E-state index is 0.0303. The molecule has 0 amide bonds. The molecule has 1 atom stereocenters. The lowest BCUT2D eigenvalue weighted by Crippen LogP contribution is -2.41. The summed E-state index contributed by atoms with van der Waals surface area (Å²) in [7, 11) is 1.25. The Morgan fingerprint density at radius 2 is 2.18 bits per heavy atom. The fourth-order valence-electron chi connectivity index (χ4n) is 2.72. The summed E-state index contributed by atoms with van der Waals surface area (Å²) < 4.78 is 4.55. The van der Waals surface area contributed by atoms with Crippen LogP contribution in [0, 0.1) is 23.0 Å². The molecule has 1 aliphatic rings. The lowest BCUT2D eigenvalue weighted by atomic mass is 9.91. The van der Waals surface area contributed by atoms with E-state index < -0.39 is 17.0 Å². The normalized spacial score (nSPS) is 17.1. The zero-order valence-corrected chi connectivity index (χ0v) is 12.6. The van der Waals surface area contributed by atoms with Gasteiger partial charge in [0.15, 0.2) is 6.10 Å². The minimum atomic E-state index is -1.10. The number of nitrogens with zero attached hydrogens (tertiary/aromatic N) is 3. The monoisotopic (exact) mass is 309 g/mol. The Hall–Kier alpha value is -2.22. The fraction of sp³-hybridized carbons (Fsp3) is 0.571. The summed E-state index contributed by atoms with van der Waals surface area (Å²) >= 11 is 0. The van der Waals surface area contributed by atoms with Gasteiger partial charge in [0.05, 0.1) is 12.0 Å². The first kappa shape index (κ1) is 16.2. The second-order valence-electron chi connectivity index (χ2n) is 5.38. The topological polar surface area (TPSA) is 106 Å². The molecule has 22 heavy (non-hydrogen) atoms. The van der Waals surface area contributed by atoms with Crippen molar-refractivity contribution in [3.05, 3.63) is 27.9 Å². The summed E-state index contributed by atoms with van der Waals surface area (Å²) in [5.74, 6) is -0.0400. The van der Waals surface area contributed by atoms with Crippen molar-refractivity contribution in [2.45, 2.75) is 25.9 Å². The van der Waals surface area contributed by atoms with Crippen LogP contribution in [0.1, 0.15) is 18.4 Å². The summed E-state index contributed by atoms with van der Waals surface area (Å²) in [5.41, 5.74) is 0.707. The molecule has 0 spiro atoms. The van der Waals surface area contributed by atoms with Crippen molar-refractivity contribution in [1.82, 2.24) is 4.98 Å². The summed E-state index contributed by atoms with van der Waals surface area (Å²) in [6.07, 6.45) is 1.42. The third-order valence-corrected chi connectivity index (χ3v) is 3.98. The quantitative estimate of drug-likeness (QED) is 0.503. The molecule has 1 saturated heterocycles. The number of hydrogen-bond acceptors (Lipinski definition) is 7. The van der Waals surface area contributed by atoms with Gasteiger partial charge in [0.1, 0.15) is 12.0 Å². The van der Waals surface area contributed by atoms with Crippen LogP contribution in [0.5, 0.6) is 0 Å². The predicted molar refractivity (Wildman–Crippen MR) is 78.6 cm³/mol. The number of rotatable bonds is 4. The van der Waals surface area contributed by atoms with Crippen LogP contribution in [0.3, 0.4) is 0 Å². The van der Waals surface area contributed by atoms with E-state index >= 15 is 0 Å². The molecule has 1 unspecified atom stereocenters. The molecule has 1 aliphatic heterocycles. The minimum Gasteiger partial charge on any atom is -0.467 e. The standard InChI is InChI=1S/C14H19N3O5/c1-9-7-11(17(20)21)8-15-13(9)16-5-3-10(4-6-16)12(18)14(19)22-2/h7-8,10,12,18H,3-6H2,1-2H3. The van der Waals surface area contributed by atoms with E-state index in [4.69, 9.17) is 0 Å². The number of aromatic nitrogens is 1. The zero-order chi connectivity index (χ0) is 16.3. The summed E-state index contributed by atoms with van der Waals surface area (Å²) in [5, 5.41) is 20.6. The number of carbonyl (C=O) groups excluding carboxylic acids is 1. The van der Waals surface area contributed by atoms with Crippen LogP contribution < -0.4 is 4.90 Å². The number of aryl methyl sites for hydroxylation is 1. The first-order chi connectivity index (χ1) is 10.4. The molecule has 0 aromatic carbocycles. The highest BCUT2D eigenvalue weighted by molar-refractivity contribution is 5.74. The molecule has 2 heterocycles. The van der Waals surface area contributed by atoms with Crippen LogP contribution in [-0.2, 0) is 9.53 Å². The van der Waals surface area contributed by atoms with Gasteiger partial charge >= 0.3 is 5.97 Å². The second kappa shape index (κ2) is 6.69. The maximum absolute atomic E-state index is 11.4. The Kier molecular flexibility index (Phi) is 4.92. The molecule has 1 fully saturated rings. The number of esters is 1. The summed E-state index contributed by atoms with van der Waals surface area (Å²) in [6.45, 7) is 3.04. The number of nitro groups is 1. The number of aliphatic hydroxyl groups excluding tert-OH is 1. The predicted octanol–water partition coefficient (Wildman–Crippen LogP) is 1.05. The van der Waals surface area contributed by atoms with Crippen LogP contribution in [0.2, 0.25) is 0 Å². The van der Waals surface area contributed by atoms with Gasteiger partial charge in [-0.05, 0) is 31.2 Å². The number of ether oxygens (including phenoxy) is 1. The van der Waals surface area contributed by atoms with Gasteiger partial charge in [-0.1, -0.05) is 0 Å². The highest BCUT2D eigenvalue weighted by Gasteiger charge is 2.31. The van der Waals surface area contributed by atoms with Crippen molar-refractivity contribution in [3.8, 4) is 0 Å². The molecule has 0 bridgehead atoms. The van der Waals surface area contributed by atoms with Crippen LogP contribution in [0.25, 0.3) is 0 Å². The van der Waals surface area contributed by atoms with E-state index in [1.54, 1.807) is 6.92 Å². The SMILES string of the molecule is COC(=O)C(O)C1CCN(c2ncc([N+](=O)[O-])cc2C)CC1. The van der Waals surface area contributed by atoms with Crippen LogP contribution >= 0.6 is 0 Å². The first-order valence-electron chi connectivity index (χ1n) is 7.06. The number of piperidine rings is 1. The van der Waals surface area contributed by atoms with E-state index in [0.717, 1.165) is 5.56 Å². The average Bonchev–Trinajstić information content (AvgIpc) is 2.53. The van der Waals surface area contributed by atoms with Gasteiger partial charge in [-0.3, -0.25) is 10.1 Å². The van der Waals surface area contributed by atoms with E-state index in [1.165, 1.54) is 19.4 Å². The number of carbonyl (C=O) groups is 1. The van der Waals surface area contributed by atoms with Crippen molar-refractivity contribution in [2.75, 3.05) is 25.1 Å². The van der Waals surface area contributed by atoms with Gasteiger partial charge in [0.25, 0.3) is 5.69 Å². The fourth-order valence-corrected chi connectivity index (χ4v) is 2.72. The van der Waals surface area contributed by atoms with E-state index in [1.807, 2.05) is 4.90 Å². The third-order valence-electron chi connectivity index (χ3n) is 3.98. The maximum Gasteiger partial charge on any atom is 0.334 e. The van der Waals surface area contributed by atoms with Crippen molar-refractivity contribution in [1.29, 1.82) is 0 Å². The molecule has 8 heteroatoms. The molecular formula is C14H19N3O5. The first-order valence-corrected chi connectivity index (χ1v) is 7.06. The molecule has 1 aromatic heterocycles. The lowest BCUT2D eigenvalue weighted by molar-refractivity contribution is -0.385. The van der Waals surface area contributed by atoms with Crippen molar-refractivity contribution in [3.63, 3.8) is 0 Å². The Morgan fingerprint density at radius 1 is 1.55 bits per heavy atom. The van der Waals surface area contributed by atoms with Crippen molar-refractivity contribution in [2.24, 2.45) is 5.92 Å². The van der Waals surface area contributed by atoms with E-state index in [-0.39, 0.29) is 11.6 Å². The number of methoxy groups -OCH3 is 1. The molecule has 1 N–H and O–H groups in total. The third kappa shape index (κ3) is 3.33. The van der Waals surface area contributed by atoms with Gasteiger partial charge in [-0.15, -0.1) is 0 Å². The smallest absolute Gasteiger partial charge is 0.334 e. The second-order valence-corrected chi connectivity index (χ2v) is 5.38. The number of pyridine rings is 1. The molecule has 2 rings (SSSR count). The number of aliphatic hydroxyl groups is 1. The largest absolute Gasteiger partial charge is 0.467 e. The van der Waals surface area contributed by atoms with Crippen LogP contribution in [-0.4, -0.2) is 47.3 Å². The molecule has 0 saturated carbocycles. The van der Waals surface area contributed by atoms with E-state index in [0.29, 0.717) is 31.7 Å². The highest BCUT2D eigenvalue weighted by atomic mass is 16.6. The summed E-state index contributed by atoms with van der Waals surface area (Å²) in [4.78, 5) is 27.8. The molecule has 0 radical (unpaired) electrons. The van der Waals surface area contributed by atoms with E-state index in [2.05, 4.69) is 9.72 Å². The van der Waals surface area contributed by atoms with Gasteiger partial charge in [-0.25, -0.2) is 9.78 Å².